The first-order chi connectivity index (χ1) is 12.6. The summed E-state index contributed by atoms with van der Waals surface area (Å²) in [5.41, 5.74) is 3.01. The molecule has 2 aromatic rings. The van der Waals surface area contributed by atoms with Crippen molar-refractivity contribution < 1.29 is 13.3 Å². The number of rotatable bonds is 5. The van der Waals surface area contributed by atoms with Crippen molar-refractivity contribution in [2.24, 2.45) is 0 Å². The maximum atomic E-state index is 11.8. The normalized spacial score (nSPS) is 18.6. The predicted molar refractivity (Wildman–Crippen MR) is 104 cm³/mol. The van der Waals surface area contributed by atoms with Gasteiger partial charge < -0.3 is 4.90 Å². The summed E-state index contributed by atoms with van der Waals surface area (Å²) in [6, 6.07) is 4.42. The molecule has 0 saturated carbocycles. The van der Waals surface area contributed by atoms with Crippen molar-refractivity contribution in [2.75, 3.05) is 23.5 Å². The van der Waals surface area contributed by atoms with E-state index in [4.69, 9.17) is 11.6 Å². The summed E-state index contributed by atoms with van der Waals surface area (Å²) in [5.74, 6) is 0.287. The van der Waals surface area contributed by atoms with Crippen molar-refractivity contribution in [3.05, 3.63) is 50.3 Å². The van der Waals surface area contributed by atoms with Crippen LogP contribution in [0.5, 0.6) is 0 Å². The quantitative estimate of drug-likeness (QED) is 0.552. The molecule has 1 aliphatic heterocycles. The number of sulfone groups is 1. The standard InChI is InChI=1S/C17H21ClN4O4S/c1-11-15(12(2)21(19-11)14-6-7-27(25,26)10-14)9-20(3)16-5-4-13(18)8-17(16)22(23)24/h4-5,8,14H,6-7,9-10H2,1-3H3/t14-/m1/s1. The summed E-state index contributed by atoms with van der Waals surface area (Å²) in [4.78, 5) is 12.7. The van der Waals surface area contributed by atoms with Crippen molar-refractivity contribution in [3.63, 3.8) is 0 Å². The highest BCUT2D eigenvalue weighted by Crippen LogP contribution is 2.32. The molecular formula is C17H21ClN4O4S. The highest BCUT2D eigenvalue weighted by molar-refractivity contribution is 7.91. The molecule has 0 amide bonds. The number of benzene rings is 1. The van der Waals surface area contributed by atoms with Crippen LogP contribution in [0.3, 0.4) is 0 Å². The Hall–Kier alpha value is -2.13. The molecule has 0 bridgehead atoms. The Labute approximate surface area is 162 Å². The van der Waals surface area contributed by atoms with Gasteiger partial charge in [0.05, 0.1) is 28.2 Å². The van der Waals surface area contributed by atoms with E-state index in [1.54, 1.807) is 28.8 Å². The second-order valence-electron chi connectivity index (χ2n) is 6.90. The van der Waals surface area contributed by atoms with Crippen LogP contribution in [0.25, 0.3) is 0 Å². The molecular weight excluding hydrogens is 392 g/mol. The van der Waals surface area contributed by atoms with E-state index in [0.29, 0.717) is 23.7 Å². The molecule has 146 valence electrons. The van der Waals surface area contributed by atoms with Crippen LogP contribution >= 0.6 is 11.6 Å². The Morgan fingerprint density at radius 3 is 2.70 bits per heavy atom. The minimum Gasteiger partial charge on any atom is -0.365 e. The van der Waals surface area contributed by atoms with Gasteiger partial charge >= 0.3 is 0 Å². The summed E-state index contributed by atoms with van der Waals surface area (Å²) in [7, 11) is -1.24. The first-order valence-electron chi connectivity index (χ1n) is 8.49. The molecule has 0 unspecified atom stereocenters. The molecule has 8 nitrogen and oxygen atoms in total. The number of nitrogens with zero attached hydrogens (tertiary/aromatic N) is 4. The van der Waals surface area contributed by atoms with Crippen LogP contribution in [0, 0.1) is 24.0 Å². The lowest BCUT2D eigenvalue weighted by Gasteiger charge is -2.20. The van der Waals surface area contributed by atoms with Crippen LogP contribution in [0.15, 0.2) is 18.2 Å². The van der Waals surface area contributed by atoms with Gasteiger partial charge in [-0.25, -0.2) is 8.42 Å². The maximum absolute atomic E-state index is 11.8. The Kier molecular flexibility index (Phi) is 5.18. The second-order valence-corrected chi connectivity index (χ2v) is 9.56. The number of halogens is 1. The topological polar surface area (TPSA) is 98.3 Å². The molecule has 3 rings (SSSR count). The van der Waals surface area contributed by atoms with Gasteiger partial charge in [-0.05, 0) is 32.4 Å². The van der Waals surface area contributed by atoms with E-state index >= 15 is 0 Å². The lowest BCUT2D eigenvalue weighted by molar-refractivity contribution is -0.384. The van der Waals surface area contributed by atoms with E-state index in [1.807, 2.05) is 13.8 Å². The number of anilines is 1. The number of aryl methyl sites for hydroxylation is 1. The second kappa shape index (κ2) is 7.12. The molecule has 27 heavy (non-hydrogen) atoms. The average molecular weight is 413 g/mol. The summed E-state index contributed by atoms with van der Waals surface area (Å²) < 4.78 is 25.4. The zero-order chi connectivity index (χ0) is 19.9. The van der Waals surface area contributed by atoms with E-state index < -0.39 is 14.8 Å². The van der Waals surface area contributed by atoms with Crippen LogP contribution in [0.2, 0.25) is 5.02 Å². The van der Waals surface area contributed by atoms with Crippen LogP contribution < -0.4 is 4.90 Å². The Bertz CT molecular complexity index is 1000. The van der Waals surface area contributed by atoms with E-state index in [0.717, 1.165) is 17.0 Å². The van der Waals surface area contributed by atoms with Crippen LogP contribution in [0.1, 0.15) is 29.4 Å². The number of hydrogen-bond acceptors (Lipinski definition) is 6. The molecule has 1 atom stereocenters. The smallest absolute Gasteiger partial charge is 0.294 e. The largest absolute Gasteiger partial charge is 0.365 e. The number of nitro benzene ring substituents is 1. The van der Waals surface area contributed by atoms with Crippen LogP contribution in [-0.2, 0) is 16.4 Å². The lowest BCUT2D eigenvalue weighted by atomic mass is 10.1. The van der Waals surface area contributed by atoms with Gasteiger partial charge in [-0.3, -0.25) is 14.8 Å². The molecule has 1 aromatic heterocycles. The minimum absolute atomic E-state index is 0.0606. The third-order valence-electron chi connectivity index (χ3n) is 4.97. The van der Waals surface area contributed by atoms with Gasteiger partial charge in [0.1, 0.15) is 5.69 Å². The van der Waals surface area contributed by atoms with Crippen molar-refractivity contribution >= 4 is 32.8 Å². The summed E-state index contributed by atoms with van der Waals surface area (Å²) in [6.45, 7) is 4.19. The monoisotopic (exact) mass is 412 g/mol. The molecule has 2 heterocycles. The molecule has 1 fully saturated rings. The molecule has 10 heteroatoms. The summed E-state index contributed by atoms with van der Waals surface area (Å²) >= 11 is 5.89. The van der Waals surface area contributed by atoms with Crippen molar-refractivity contribution in [3.8, 4) is 0 Å². The number of hydrogen-bond donors (Lipinski definition) is 0. The van der Waals surface area contributed by atoms with Gasteiger partial charge in [-0.15, -0.1) is 0 Å². The molecule has 0 radical (unpaired) electrons. The van der Waals surface area contributed by atoms with Gasteiger partial charge in [0.25, 0.3) is 5.69 Å². The maximum Gasteiger partial charge on any atom is 0.294 e. The van der Waals surface area contributed by atoms with Gasteiger partial charge in [0.15, 0.2) is 9.84 Å². The Balaban J connectivity index is 1.90. The Morgan fingerprint density at radius 2 is 2.11 bits per heavy atom. The fourth-order valence-corrected chi connectivity index (χ4v) is 5.40. The van der Waals surface area contributed by atoms with E-state index in [1.165, 1.54) is 6.07 Å². The minimum atomic E-state index is -3.01. The first-order valence-corrected chi connectivity index (χ1v) is 10.7. The van der Waals surface area contributed by atoms with Gasteiger partial charge in [0, 0.05) is 35.9 Å². The Morgan fingerprint density at radius 1 is 1.41 bits per heavy atom. The molecule has 1 aromatic carbocycles. The molecule has 0 N–H and O–H groups in total. The zero-order valence-corrected chi connectivity index (χ0v) is 16.9. The van der Waals surface area contributed by atoms with Crippen LogP contribution in [0.4, 0.5) is 11.4 Å². The predicted octanol–water partition coefficient (Wildman–Crippen LogP) is 3.06. The fraction of sp³-hybridized carbons (Fsp3) is 0.471. The van der Waals surface area contributed by atoms with Crippen LogP contribution in [-0.4, -0.2) is 41.7 Å². The van der Waals surface area contributed by atoms with Gasteiger partial charge in [0.2, 0.25) is 0 Å². The van der Waals surface area contributed by atoms with E-state index in [2.05, 4.69) is 5.10 Å². The number of nitro groups is 1. The third-order valence-corrected chi connectivity index (χ3v) is 6.96. The van der Waals surface area contributed by atoms with Crippen molar-refractivity contribution in [1.29, 1.82) is 0 Å². The molecule has 0 aliphatic carbocycles. The first kappa shape index (κ1) is 19.6. The van der Waals surface area contributed by atoms with E-state index in [-0.39, 0.29) is 23.2 Å². The lowest BCUT2D eigenvalue weighted by Crippen LogP contribution is -2.19. The molecule has 0 spiro atoms. The van der Waals surface area contributed by atoms with Crippen molar-refractivity contribution in [1.82, 2.24) is 9.78 Å². The zero-order valence-electron chi connectivity index (χ0n) is 15.3. The van der Waals surface area contributed by atoms with Gasteiger partial charge in [-0.1, -0.05) is 11.6 Å². The highest BCUT2D eigenvalue weighted by Gasteiger charge is 2.31. The number of aromatic nitrogens is 2. The fourth-order valence-electron chi connectivity index (χ4n) is 3.54. The molecule has 1 aliphatic rings. The van der Waals surface area contributed by atoms with E-state index in [9.17, 15) is 18.5 Å². The molecule has 1 saturated heterocycles. The highest BCUT2D eigenvalue weighted by atomic mass is 35.5. The van der Waals surface area contributed by atoms with Gasteiger partial charge in [-0.2, -0.15) is 5.10 Å². The average Bonchev–Trinajstić information content (AvgIpc) is 3.08. The third kappa shape index (κ3) is 3.93. The summed E-state index contributed by atoms with van der Waals surface area (Å²) in [6.07, 6.45) is 0.558. The van der Waals surface area contributed by atoms with Crippen molar-refractivity contribution in [2.45, 2.75) is 32.9 Å². The SMILES string of the molecule is Cc1nn([C@@H]2CCS(=O)(=O)C2)c(C)c1CN(C)c1ccc(Cl)cc1[N+](=O)[O-]. The summed E-state index contributed by atoms with van der Waals surface area (Å²) in [5, 5.41) is 16.2.